The molecule has 1 N–H and O–H groups in total. The summed E-state index contributed by atoms with van der Waals surface area (Å²) in [5.41, 5.74) is 2.44. The number of nitrogens with zero attached hydrogens (tertiary/aromatic N) is 2. The Labute approximate surface area is 178 Å². The van der Waals surface area contributed by atoms with Crippen LogP contribution in [-0.4, -0.2) is 47.4 Å². The summed E-state index contributed by atoms with van der Waals surface area (Å²) >= 11 is 0. The van der Waals surface area contributed by atoms with E-state index in [-0.39, 0.29) is 0 Å². The number of hydrogen-bond donors (Lipinski definition) is 1. The van der Waals surface area contributed by atoms with E-state index < -0.39 is 0 Å². The van der Waals surface area contributed by atoms with E-state index in [9.17, 15) is 0 Å². The minimum atomic E-state index is 0.584. The molecule has 157 valence electrons. The lowest BCUT2D eigenvalue weighted by molar-refractivity contribution is 0.121. The number of aromatic amines is 1. The first-order valence-corrected chi connectivity index (χ1v) is 11.2. The Morgan fingerprint density at radius 2 is 1.93 bits per heavy atom. The summed E-state index contributed by atoms with van der Waals surface area (Å²) in [5, 5.41) is 9.23. The molecule has 2 atom stereocenters. The zero-order valence-electron chi connectivity index (χ0n) is 17.6. The minimum absolute atomic E-state index is 0.584. The van der Waals surface area contributed by atoms with E-state index in [2.05, 4.69) is 40.3 Å². The first kappa shape index (κ1) is 19.4. The summed E-state index contributed by atoms with van der Waals surface area (Å²) in [6.07, 6.45) is 7.37. The van der Waals surface area contributed by atoms with Crippen molar-refractivity contribution in [1.82, 2.24) is 15.1 Å². The maximum absolute atomic E-state index is 5.92. The van der Waals surface area contributed by atoms with Crippen molar-refractivity contribution in [3.05, 3.63) is 54.2 Å². The molecule has 3 heterocycles. The smallest absolute Gasteiger partial charge is 0.161 e. The van der Waals surface area contributed by atoms with Crippen LogP contribution in [0.2, 0.25) is 0 Å². The van der Waals surface area contributed by atoms with E-state index in [1.165, 1.54) is 49.7 Å². The molecule has 2 saturated heterocycles. The number of para-hydroxylation sites is 1. The highest BCUT2D eigenvalue weighted by molar-refractivity contribution is 5.81. The van der Waals surface area contributed by atoms with Gasteiger partial charge in [-0.1, -0.05) is 24.3 Å². The van der Waals surface area contributed by atoms with Crippen molar-refractivity contribution >= 4 is 10.9 Å². The number of hydrogen-bond acceptors (Lipinski definition) is 4. The summed E-state index contributed by atoms with van der Waals surface area (Å²) in [7, 11) is 1.67. The van der Waals surface area contributed by atoms with Gasteiger partial charge in [0.05, 0.1) is 24.9 Å². The van der Waals surface area contributed by atoms with Crippen LogP contribution >= 0.6 is 0 Å². The van der Waals surface area contributed by atoms with E-state index in [0.717, 1.165) is 30.0 Å². The number of rotatable bonds is 8. The van der Waals surface area contributed by atoms with Crippen LogP contribution in [-0.2, 0) is 0 Å². The molecule has 2 fully saturated rings. The fraction of sp³-hybridized carbons (Fsp3) is 0.480. The van der Waals surface area contributed by atoms with Gasteiger partial charge in [-0.15, -0.1) is 0 Å². The molecular formula is C25H30N3O2. The fourth-order valence-corrected chi connectivity index (χ4v) is 5.42. The normalized spacial score (nSPS) is 23.7. The molecule has 2 bridgehead atoms. The predicted octanol–water partition coefficient (Wildman–Crippen LogP) is 4.94. The van der Waals surface area contributed by atoms with Gasteiger partial charge in [-0.05, 0) is 69.3 Å². The van der Waals surface area contributed by atoms with Gasteiger partial charge in [-0.2, -0.15) is 5.10 Å². The maximum Gasteiger partial charge on any atom is 0.161 e. The summed E-state index contributed by atoms with van der Waals surface area (Å²) in [5.74, 6) is 2.15. The number of unbranched alkanes of at least 4 members (excludes halogenated alkanes) is 1. The Bertz CT molecular complexity index is 971. The number of H-pyrrole nitrogens is 1. The van der Waals surface area contributed by atoms with Gasteiger partial charge in [0.25, 0.3) is 0 Å². The quantitative estimate of drug-likeness (QED) is 0.540. The molecule has 0 amide bonds. The number of nitrogens with one attached hydrogen (secondary N) is 1. The number of aromatic nitrogens is 2. The van der Waals surface area contributed by atoms with Crippen LogP contribution < -0.4 is 9.47 Å². The van der Waals surface area contributed by atoms with Crippen molar-refractivity contribution in [3.8, 4) is 11.5 Å². The molecular weight excluding hydrogens is 374 g/mol. The summed E-state index contributed by atoms with van der Waals surface area (Å²) in [6, 6.07) is 18.6. The third kappa shape index (κ3) is 3.79. The van der Waals surface area contributed by atoms with Crippen LogP contribution in [0.25, 0.3) is 10.9 Å². The largest absolute Gasteiger partial charge is 0.493 e. The van der Waals surface area contributed by atoms with Gasteiger partial charge in [0, 0.05) is 23.4 Å². The van der Waals surface area contributed by atoms with Gasteiger partial charge in [0.15, 0.2) is 11.5 Å². The first-order valence-electron chi connectivity index (χ1n) is 11.2. The molecule has 3 aromatic rings. The molecule has 30 heavy (non-hydrogen) atoms. The van der Waals surface area contributed by atoms with Crippen molar-refractivity contribution in [2.75, 3.05) is 20.3 Å². The monoisotopic (exact) mass is 404 g/mol. The van der Waals surface area contributed by atoms with Crippen molar-refractivity contribution in [1.29, 1.82) is 0 Å². The Balaban J connectivity index is 1.13. The molecule has 5 nitrogen and oxygen atoms in total. The molecule has 0 aliphatic carbocycles. The molecule has 5 heteroatoms. The standard InChI is InChI=1S/C25H30N3O2/c1-29-23-10-4-5-11-24(23)30-15-7-6-14-28-19-12-13-20(28)17-18(16-19)25-21-8-2-3-9-22(21)26-27-25/h2-3,5,8-11,18-20H,6-7,12-17H2,1H3,(H,26,27). The molecule has 5 rings (SSSR count). The molecule has 2 unspecified atom stereocenters. The van der Waals surface area contributed by atoms with E-state index in [4.69, 9.17) is 14.6 Å². The second-order valence-corrected chi connectivity index (χ2v) is 8.58. The summed E-state index contributed by atoms with van der Waals surface area (Å²) in [4.78, 5) is 2.77. The zero-order chi connectivity index (χ0) is 20.3. The highest BCUT2D eigenvalue weighted by Gasteiger charge is 2.41. The zero-order valence-corrected chi connectivity index (χ0v) is 17.6. The number of benzene rings is 2. The van der Waals surface area contributed by atoms with Gasteiger partial charge in [-0.3, -0.25) is 10.00 Å². The molecule has 2 aliphatic heterocycles. The number of ether oxygens (including phenoxy) is 2. The summed E-state index contributed by atoms with van der Waals surface area (Å²) < 4.78 is 11.2. The lowest BCUT2D eigenvalue weighted by atomic mass is 9.86. The van der Waals surface area contributed by atoms with E-state index in [0.29, 0.717) is 18.0 Å². The molecule has 0 spiro atoms. The average Bonchev–Trinajstić information content (AvgIpc) is 3.31. The Kier molecular flexibility index (Phi) is 5.63. The van der Waals surface area contributed by atoms with Crippen LogP contribution in [0.1, 0.15) is 50.1 Å². The van der Waals surface area contributed by atoms with Crippen LogP contribution in [0.4, 0.5) is 0 Å². The first-order chi connectivity index (χ1) is 14.8. The molecule has 2 aromatic carbocycles. The van der Waals surface area contributed by atoms with Gasteiger partial charge in [0.2, 0.25) is 0 Å². The SMILES string of the molecule is COc1c[c]ccc1OCCCCN1C2CCC1CC(c1n[nH]c3ccccc13)C2. The average molecular weight is 405 g/mol. The highest BCUT2D eigenvalue weighted by Crippen LogP contribution is 2.44. The highest BCUT2D eigenvalue weighted by atomic mass is 16.5. The van der Waals surface area contributed by atoms with Gasteiger partial charge in [0.1, 0.15) is 0 Å². The van der Waals surface area contributed by atoms with Gasteiger partial charge < -0.3 is 9.47 Å². The number of piperidine rings is 1. The second kappa shape index (κ2) is 8.68. The van der Waals surface area contributed by atoms with E-state index in [1.807, 2.05) is 18.2 Å². The van der Waals surface area contributed by atoms with Crippen LogP contribution in [0.15, 0.2) is 42.5 Å². The van der Waals surface area contributed by atoms with Crippen molar-refractivity contribution in [3.63, 3.8) is 0 Å². The van der Waals surface area contributed by atoms with Crippen molar-refractivity contribution in [2.24, 2.45) is 0 Å². The Hall–Kier alpha value is -2.53. The van der Waals surface area contributed by atoms with Crippen LogP contribution in [0.3, 0.4) is 0 Å². The van der Waals surface area contributed by atoms with Crippen molar-refractivity contribution < 1.29 is 9.47 Å². The third-order valence-corrected chi connectivity index (χ3v) is 6.85. The lowest BCUT2D eigenvalue weighted by Crippen LogP contribution is -2.42. The van der Waals surface area contributed by atoms with E-state index in [1.54, 1.807) is 7.11 Å². The maximum atomic E-state index is 5.92. The number of methoxy groups -OCH3 is 1. The van der Waals surface area contributed by atoms with Crippen LogP contribution in [0, 0.1) is 6.07 Å². The molecule has 2 aliphatic rings. The van der Waals surface area contributed by atoms with Gasteiger partial charge >= 0.3 is 0 Å². The minimum Gasteiger partial charge on any atom is -0.493 e. The number of fused-ring (bicyclic) bond motifs is 3. The summed E-state index contributed by atoms with van der Waals surface area (Å²) in [6.45, 7) is 1.90. The second-order valence-electron chi connectivity index (χ2n) is 8.58. The molecule has 1 aromatic heterocycles. The Morgan fingerprint density at radius 3 is 2.77 bits per heavy atom. The third-order valence-electron chi connectivity index (χ3n) is 6.85. The lowest BCUT2D eigenvalue weighted by Gasteiger charge is -2.38. The predicted molar refractivity (Wildman–Crippen MR) is 118 cm³/mol. The molecule has 0 saturated carbocycles. The molecule has 1 radical (unpaired) electrons. The van der Waals surface area contributed by atoms with Crippen molar-refractivity contribution in [2.45, 2.75) is 56.5 Å². The Morgan fingerprint density at radius 1 is 1.10 bits per heavy atom. The van der Waals surface area contributed by atoms with E-state index >= 15 is 0 Å². The van der Waals surface area contributed by atoms with Crippen LogP contribution in [0.5, 0.6) is 11.5 Å². The topological polar surface area (TPSA) is 50.4 Å². The fourth-order valence-electron chi connectivity index (χ4n) is 5.42. The van der Waals surface area contributed by atoms with Gasteiger partial charge in [-0.25, -0.2) is 0 Å².